The lowest BCUT2D eigenvalue weighted by Gasteiger charge is -2.21. The van der Waals surface area contributed by atoms with E-state index in [4.69, 9.17) is 11.6 Å². The Kier molecular flexibility index (Phi) is 4.58. The van der Waals surface area contributed by atoms with Gasteiger partial charge < -0.3 is 4.90 Å². The van der Waals surface area contributed by atoms with Crippen LogP contribution in [0.4, 0.5) is 8.78 Å². The second kappa shape index (κ2) is 5.49. The van der Waals surface area contributed by atoms with Gasteiger partial charge in [-0.2, -0.15) is 0 Å². The summed E-state index contributed by atoms with van der Waals surface area (Å²) in [6.45, 7) is -0.268. The number of carbonyl (C=O) groups excluding carboxylic acids is 1. The molecule has 1 rings (SSSR count). The predicted octanol–water partition coefficient (Wildman–Crippen LogP) is 2.12. The molecule has 0 aromatic rings. The molecular weight excluding hydrogens is 212 g/mol. The molecule has 0 radical (unpaired) electrons. The summed E-state index contributed by atoms with van der Waals surface area (Å²) in [6, 6.07) is 0. The lowest BCUT2D eigenvalue weighted by molar-refractivity contribution is -0.133. The second-order valence-corrected chi connectivity index (χ2v) is 3.95. The van der Waals surface area contributed by atoms with Gasteiger partial charge >= 0.3 is 0 Å². The molecule has 0 saturated heterocycles. The van der Waals surface area contributed by atoms with Crippen LogP contribution in [0.25, 0.3) is 0 Å². The van der Waals surface area contributed by atoms with Crippen molar-refractivity contribution in [1.29, 1.82) is 0 Å². The third-order valence-corrected chi connectivity index (χ3v) is 2.39. The van der Waals surface area contributed by atoms with Crippen molar-refractivity contribution in [1.82, 2.24) is 4.90 Å². The number of hydrogen-bond donors (Lipinski definition) is 0. The average molecular weight is 226 g/mol. The quantitative estimate of drug-likeness (QED) is 0.634. The highest BCUT2D eigenvalue weighted by molar-refractivity contribution is 6.18. The van der Waals surface area contributed by atoms with Crippen molar-refractivity contribution < 1.29 is 13.6 Å². The molecule has 1 aliphatic rings. The first kappa shape index (κ1) is 11.7. The van der Waals surface area contributed by atoms with E-state index in [0.717, 1.165) is 17.7 Å². The lowest BCUT2D eigenvalue weighted by atomic mass is 10.2. The summed E-state index contributed by atoms with van der Waals surface area (Å²) >= 11 is 5.44. The van der Waals surface area contributed by atoms with Crippen LogP contribution < -0.4 is 0 Å². The molecular formula is C9H14ClF2NO. The molecule has 0 aliphatic heterocycles. The fourth-order valence-corrected chi connectivity index (χ4v) is 1.49. The Morgan fingerprint density at radius 1 is 1.50 bits per heavy atom. The molecule has 1 amide bonds. The Bertz CT molecular complexity index is 197. The van der Waals surface area contributed by atoms with Gasteiger partial charge in [0.25, 0.3) is 6.43 Å². The zero-order valence-electron chi connectivity index (χ0n) is 7.89. The van der Waals surface area contributed by atoms with Crippen LogP contribution in [0, 0.1) is 5.92 Å². The summed E-state index contributed by atoms with van der Waals surface area (Å²) in [5.74, 6) is 0.454. The number of carbonyl (C=O) groups is 1. The Hall–Kier alpha value is -0.380. The Morgan fingerprint density at radius 3 is 2.57 bits per heavy atom. The van der Waals surface area contributed by atoms with E-state index in [9.17, 15) is 13.6 Å². The number of hydrogen-bond acceptors (Lipinski definition) is 1. The molecule has 1 saturated carbocycles. The molecule has 1 fully saturated rings. The zero-order chi connectivity index (χ0) is 10.6. The summed E-state index contributed by atoms with van der Waals surface area (Å²) in [5.41, 5.74) is 0. The minimum Gasteiger partial charge on any atom is -0.336 e. The lowest BCUT2D eigenvalue weighted by Crippen LogP contribution is -2.36. The van der Waals surface area contributed by atoms with E-state index in [0.29, 0.717) is 12.3 Å². The maximum Gasteiger partial charge on any atom is 0.255 e. The summed E-state index contributed by atoms with van der Waals surface area (Å²) in [7, 11) is 0. The molecule has 0 N–H and O–H groups in total. The van der Waals surface area contributed by atoms with Crippen molar-refractivity contribution in [2.45, 2.75) is 25.7 Å². The first-order chi connectivity index (χ1) is 6.63. The normalized spacial score (nSPS) is 16.0. The predicted molar refractivity (Wildman–Crippen MR) is 50.6 cm³/mol. The van der Waals surface area contributed by atoms with E-state index in [1.165, 1.54) is 0 Å². The van der Waals surface area contributed by atoms with Gasteiger partial charge in [0.2, 0.25) is 5.91 Å². The molecule has 0 spiro atoms. The topological polar surface area (TPSA) is 20.3 Å². The highest BCUT2D eigenvalue weighted by Crippen LogP contribution is 2.32. The molecule has 1 aliphatic carbocycles. The molecule has 14 heavy (non-hydrogen) atoms. The van der Waals surface area contributed by atoms with Gasteiger partial charge in [-0.3, -0.25) is 4.79 Å². The van der Waals surface area contributed by atoms with Gasteiger partial charge in [-0.15, -0.1) is 11.6 Å². The van der Waals surface area contributed by atoms with Crippen LogP contribution in [0.1, 0.15) is 19.3 Å². The van der Waals surface area contributed by atoms with Gasteiger partial charge in [-0.25, -0.2) is 8.78 Å². The van der Waals surface area contributed by atoms with Gasteiger partial charge in [0, 0.05) is 18.8 Å². The number of amides is 1. The molecule has 5 heteroatoms. The maximum atomic E-state index is 12.1. The highest BCUT2D eigenvalue weighted by Gasteiger charge is 2.27. The summed E-state index contributed by atoms with van der Waals surface area (Å²) in [5, 5.41) is 0. The van der Waals surface area contributed by atoms with Crippen LogP contribution >= 0.6 is 11.6 Å². The molecule has 0 aromatic heterocycles. The molecule has 82 valence electrons. The Balaban J connectivity index is 2.33. The van der Waals surface area contributed by atoms with Crippen molar-refractivity contribution in [3.05, 3.63) is 0 Å². The third kappa shape index (κ3) is 4.22. The number of nitrogens with zero attached hydrogens (tertiary/aromatic N) is 1. The van der Waals surface area contributed by atoms with Gasteiger partial charge in [0.1, 0.15) is 0 Å². The van der Waals surface area contributed by atoms with E-state index in [2.05, 4.69) is 0 Å². The maximum absolute atomic E-state index is 12.1. The van der Waals surface area contributed by atoms with Crippen LogP contribution in [-0.4, -0.2) is 36.2 Å². The SMILES string of the molecule is O=C(CC1CC1)N(CCCl)CC(F)F. The molecule has 0 unspecified atom stereocenters. The van der Waals surface area contributed by atoms with Crippen molar-refractivity contribution in [3.63, 3.8) is 0 Å². The Morgan fingerprint density at radius 2 is 2.14 bits per heavy atom. The molecule has 0 atom stereocenters. The Labute approximate surface area is 87.2 Å². The van der Waals surface area contributed by atoms with E-state index in [1.54, 1.807) is 0 Å². The summed E-state index contributed by atoms with van der Waals surface area (Å²) in [6.07, 6.45) is 0.0369. The van der Waals surface area contributed by atoms with Crippen LogP contribution in [0.2, 0.25) is 0 Å². The van der Waals surface area contributed by atoms with Crippen molar-refractivity contribution in [2.24, 2.45) is 5.92 Å². The van der Waals surface area contributed by atoms with Gasteiger partial charge in [-0.1, -0.05) is 0 Å². The molecule has 0 bridgehead atoms. The number of halogens is 3. The minimum absolute atomic E-state index is 0.187. The standard InChI is InChI=1S/C9H14ClF2NO/c10-3-4-13(6-8(11)12)9(14)5-7-1-2-7/h7-8H,1-6H2. The van der Waals surface area contributed by atoms with Crippen LogP contribution in [0.5, 0.6) is 0 Å². The number of alkyl halides is 3. The molecule has 2 nitrogen and oxygen atoms in total. The van der Waals surface area contributed by atoms with Crippen LogP contribution in [0.3, 0.4) is 0 Å². The average Bonchev–Trinajstić information content (AvgIpc) is 2.86. The van der Waals surface area contributed by atoms with Gasteiger partial charge in [-0.05, 0) is 18.8 Å². The fraction of sp³-hybridized carbons (Fsp3) is 0.889. The van der Waals surface area contributed by atoms with Crippen LogP contribution in [-0.2, 0) is 4.79 Å². The van der Waals surface area contributed by atoms with E-state index < -0.39 is 13.0 Å². The zero-order valence-corrected chi connectivity index (χ0v) is 8.64. The molecule has 0 aromatic carbocycles. The first-order valence-electron chi connectivity index (χ1n) is 4.75. The van der Waals surface area contributed by atoms with Gasteiger partial charge in [0.05, 0.1) is 6.54 Å². The van der Waals surface area contributed by atoms with E-state index >= 15 is 0 Å². The van der Waals surface area contributed by atoms with Crippen molar-refractivity contribution in [3.8, 4) is 0 Å². The van der Waals surface area contributed by atoms with Crippen LogP contribution in [0.15, 0.2) is 0 Å². The molecule has 0 heterocycles. The summed E-state index contributed by atoms with van der Waals surface area (Å²) < 4.78 is 24.2. The highest BCUT2D eigenvalue weighted by atomic mass is 35.5. The smallest absolute Gasteiger partial charge is 0.255 e. The van der Waals surface area contributed by atoms with Crippen molar-refractivity contribution >= 4 is 17.5 Å². The second-order valence-electron chi connectivity index (χ2n) is 3.57. The fourth-order valence-electron chi connectivity index (χ4n) is 1.28. The van der Waals surface area contributed by atoms with Gasteiger partial charge in [0.15, 0.2) is 0 Å². The third-order valence-electron chi connectivity index (χ3n) is 2.23. The van der Waals surface area contributed by atoms with E-state index in [-0.39, 0.29) is 18.3 Å². The minimum atomic E-state index is -2.47. The first-order valence-corrected chi connectivity index (χ1v) is 5.28. The van der Waals surface area contributed by atoms with Crippen molar-refractivity contribution in [2.75, 3.05) is 19.0 Å². The summed E-state index contributed by atoms with van der Waals surface area (Å²) in [4.78, 5) is 12.6. The number of rotatable bonds is 6. The monoisotopic (exact) mass is 225 g/mol. The van der Waals surface area contributed by atoms with E-state index in [1.807, 2.05) is 0 Å². The largest absolute Gasteiger partial charge is 0.336 e.